The molecule has 0 fully saturated rings. The Labute approximate surface area is 174 Å². The number of unbranched alkanes of at least 4 members (excludes halogenated alkanes) is 8. The fraction of sp³-hybridized carbons (Fsp3) is 0.895. The van der Waals surface area contributed by atoms with Gasteiger partial charge in [0, 0.05) is 6.42 Å². The van der Waals surface area contributed by atoms with E-state index in [4.69, 9.17) is 15.5 Å². The van der Waals surface area contributed by atoms with Crippen LogP contribution >= 0.6 is 7.82 Å². The van der Waals surface area contributed by atoms with Gasteiger partial charge in [-0.1, -0.05) is 64.7 Å². The average molecular weight is 439 g/mol. The number of aliphatic hydroxyl groups is 1. The number of hydrogen-bond donors (Lipinski definition) is 5. The van der Waals surface area contributed by atoms with Gasteiger partial charge in [0.15, 0.2) is 0 Å². The lowest BCUT2D eigenvalue weighted by Crippen LogP contribution is -2.40. The summed E-state index contributed by atoms with van der Waals surface area (Å²) in [5.74, 6) is -1.05. The van der Waals surface area contributed by atoms with Gasteiger partial charge in [-0.3, -0.25) is 14.1 Å². The Morgan fingerprint density at radius 1 is 1.00 bits per heavy atom. The van der Waals surface area contributed by atoms with E-state index in [-0.39, 0.29) is 19.3 Å². The van der Waals surface area contributed by atoms with E-state index < -0.39 is 38.4 Å². The number of phosphoric ester groups is 1. The molecule has 0 saturated carbocycles. The predicted molar refractivity (Wildman–Crippen MR) is 111 cm³/mol. The second-order valence-electron chi connectivity index (χ2n) is 7.53. The molecule has 0 bridgehead atoms. The lowest BCUT2D eigenvalue weighted by Gasteiger charge is -2.19. The van der Waals surface area contributed by atoms with Crippen molar-refractivity contribution >= 4 is 19.6 Å². The van der Waals surface area contributed by atoms with Gasteiger partial charge in [-0.2, -0.15) is 0 Å². The maximum atomic E-state index is 12.1. The summed E-state index contributed by atoms with van der Waals surface area (Å²) in [6, 6.07) is -0.775. The lowest BCUT2D eigenvalue weighted by atomic mass is 10.0. The molecule has 6 N–H and O–H groups in total. The van der Waals surface area contributed by atoms with Crippen LogP contribution in [0.5, 0.6) is 0 Å². The molecular formula is C19H39N2O7P. The number of nitrogens with one attached hydrogen (secondary N) is 1. The van der Waals surface area contributed by atoms with Gasteiger partial charge in [-0.25, -0.2) is 4.57 Å². The minimum Gasteiger partial charge on any atom is -0.393 e. The number of hydrogen-bond acceptors (Lipinski definition) is 5. The molecule has 0 unspecified atom stereocenters. The van der Waals surface area contributed by atoms with Crippen molar-refractivity contribution in [2.24, 2.45) is 5.73 Å². The molecule has 9 nitrogen and oxygen atoms in total. The number of phosphoric acid groups is 1. The summed E-state index contributed by atoms with van der Waals surface area (Å²) in [6.07, 6.45) is 10.2. The predicted octanol–water partition coefficient (Wildman–Crippen LogP) is 2.52. The molecule has 2 atom stereocenters. The standard InChI is InChI=1S/C19H39N2O7P/c1-2-3-4-5-6-7-8-9-10-11-17(22)14-19(24)21-16(12-13-18(20)23)15-28-29(25,26)27/h16-17,22H,2-15H2,1H3,(H2,20,23)(H,21,24)(H2,25,26,27)/t16-,17-/m1/s1. The van der Waals surface area contributed by atoms with Gasteiger partial charge in [0.2, 0.25) is 11.8 Å². The first-order chi connectivity index (χ1) is 13.6. The summed E-state index contributed by atoms with van der Waals surface area (Å²) in [6.45, 7) is 1.75. The monoisotopic (exact) mass is 438 g/mol. The zero-order valence-electron chi connectivity index (χ0n) is 17.6. The second-order valence-corrected chi connectivity index (χ2v) is 8.77. The third-order valence-electron chi connectivity index (χ3n) is 4.61. The Balaban J connectivity index is 4.03. The van der Waals surface area contributed by atoms with Crippen LogP contribution in [0.15, 0.2) is 0 Å². The van der Waals surface area contributed by atoms with Gasteiger partial charge in [-0.05, 0) is 12.8 Å². The summed E-state index contributed by atoms with van der Waals surface area (Å²) in [4.78, 5) is 40.5. The lowest BCUT2D eigenvalue weighted by molar-refractivity contribution is -0.124. The molecule has 29 heavy (non-hydrogen) atoms. The Hall–Kier alpha value is -0.990. The van der Waals surface area contributed by atoms with Crippen LogP contribution in [0.25, 0.3) is 0 Å². The van der Waals surface area contributed by atoms with Gasteiger partial charge in [0.05, 0.1) is 25.2 Å². The second kappa shape index (κ2) is 16.8. The van der Waals surface area contributed by atoms with Crippen LogP contribution in [0.4, 0.5) is 0 Å². The molecule has 0 aromatic carbocycles. The molecule has 0 aliphatic rings. The molecular weight excluding hydrogens is 399 g/mol. The summed E-state index contributed by atoms with van der Waals surface area (Å²) < 4.78 is 15.2. The SMILES string of the molecule is CCCCCCCCCCC[C@@H](O)CC(=O)N[C@H](CCC(N)=O)COP(=O)(O)O. The van der Waals surface area contributed by atoms with E-state index in [1.54, 1.807) is 0 Å². The first-order valence-electron chi connectivity index (χ1n) is 10.6. The van der Waals surface area contributed by atoms with Crippen LogP contribution in [0.2, 0.25) is 0 Å². The number of rotatable bonds is 19. The number of amides is 2. The van der Waals surface area contributed by atoms with Crippen molar-refractivity contribution in [2.75, 3.05) is 6.61 Å². The zero-order valence-corrected chi connectivity index (χ0v) is 18.4. The van der Waals surface area contributed by atoms with Gasteiger partial charge < -0.3 is 25.9 Å². The molecule has 0 aromatic heterocycles. The topological polar surface area (TPSA) is 159 Å². The van der Waals surface area contributed by atoms with E-state index in [1.165, 1.54) is 38.5 Å². The van der Waals surface area contributed by atoms with Crippen molar-refractivity contribution in [2.45, 2.75) is 103 Å². The molecule has 0 aliphatic heterocycles. The van der Waals surface area contributed by atoms with Crippen LogP contribution in [-0.2, 0) is 18.7 Å². The first-order valence-corrected chi connectivity index (χ1v) is 12.1. The van der Waals surface area contributed by atoms with Crippen LogP contribution in [0.1, 0.15) is 90.4 Å². The normalized spacial score (nSPS) is 13.8. The summed E-state index contributed by atoms with van der Waals surface area (Å²) in [7, 11) is -4.69. The van der Waals surface area contributed by atoms with Crippen molar-refractivity contribution in [1.29, 1.82) is 0 Å². The number of primary amides is 1. The number of carbonyl (C=O) groups is 2. The van der Waals surface area contributed by atoms with E-state index in [1.807, 2.05) is 0 Å². The minimum atomic E-state index is -4.69. The molecule has 0 spiro atoms. The van der Waals surface area contributed by atoms with Crippen molar-refractivity contribution in [3.63, 3.8) is 0 Å². The van der Waals surface area contributed by atoms with Crippen molar-refractivity contribution in [3.8, 4) is 0 Å². The molecule has 2 amide bonds. The smallest absolute Gasteiger partial charge is 0.393 e. The Morgan fingerprint density at radius 3 is 2.07 bits per heavy atom. The maximum Gasteiger partial charge on any atom is 0.469 e. The van der Waals surface area contributed by atoms with Gasteiger partial charge in [0.1, 0.15) is 0 Å². The number of aliphatic hydroxyl groups excluding tert-OH is 1. The van der Waals surface area contributed by atoms with Crippen LogP contribution in [-0.4, -0.2) is 45.5 Å². The molecule has 0 radical (unpaired) electrons. The molecule has 10 heteroatoms. The van der Waals surface area contributed by atoms with Crippen molar-refractivity contribution in [3.05, 3.63) is 0 Å². The van der Waals surface area contributed by atoms with Gasteiger partial charge >= 0.3 is 7.82 Å². The van der Waals surface area contributed by atoms with E-state index >= 15 is 0 Å². The van der Waals surface area contributed by atoms with Crippen molar-refractivity contribution < 1.29 is 33.6 Å². The van der Waals surface area contributed by atoms with E-state index in [0.29, 0.717) is 6.42 Å². The maximum absolute atomic E-state index is 12.1. The largest absolute Gasteiger partial charge is 0.469 e. The van der Waals surface area contributed by atoms with Crippen LogP contribution in [0.3, 0.4) is 0 Å². The summed E-state index contributed by atoms with van der Waals surface area (Å²) >= 11 is 0. The van der Waals surface area contributed by atoms with E-state index in [2.05, 4.69) is 16.8 Å². The third-order valence-corrected chi connectivity index (χ3v) is 5.10. The highest BCUT2D eigenvalue weighted by molar-refractivity contribution is 7.46. The molecule has 172 valence electrons. The van der Waals surface area contributed by atoms with E-state index in [9.17, 15) is 19.3 Å². The fourth-order valence-electron chi connectivity index (χ4n) is 2.99. The molecule has 0 aromatic rings. The quantitative estimate of drug-likeness (QED) is 0.153. The first kappa shape index (κ1) is 28.0. The number of nitrogens with two attached hydrogens (primary N) is 1. The fourth-order valence-corrected chi connectivity index (χ4v) is 3.37. The molecule has 0 rings (SSSR count). The Kier molecular flexibility index (Phi) is 16.2. The van der Waals surface area contributed by atoms with Crippen molar-refractivity contribution in [1.82, 2.24) is 5.32 Å². The Morgan fingerprint density at radius 2 is 1.55 bits per heavy atom. The van der Waals surface area contributed by atoms with Crippen LogP contribution < -0.4 is 11.1 Å². The van der Waals surface area contributed by atoms with Gasteiger partial charge in [-0.15, -0.1) is 0 Å². The molecule has 0 saturated heterocycles. The zero-order chi connectivity index (χ0) is 22.1. The van der Waals surface area contributed by atoms with Crippen LogP contribution in [0, 0.1) is 0 Å². The van der Waals surface area contributed by atoms with E-state index in [0.717, 1.165) is 19.3 Å². The molecule has 0 heterocycles. The highest BCUT2D eigenvalue weighted by atomic mass is 31.2. The van der Waals surface area contributed by atoms with Gasteiger partial charge in [0.25, 0.3) is 0 Å². The highest BCUT2D eigenvalue weighted by Crippen LogP contribution is 2.35. The summed E-state index contributed by atoms with van der Waals surface area (Å²) in [5.41, 5.74) is 5.07. The number of carbonyl (C=O) groups excluding carboxylic acids is 2. The third kappa shape index (κ3) is 20.1. The minimum absolute atomic E-state index is 0.0591. The Bertz CT molecular complexity index is 499. The molecule has 0 aliphatic carbocycles. The summed E-state index contributed by atoms with van der Waals surface area (Å²) in [5, 5.41) is 12.6. The highest BCUT2D eigenvalue weighted by Gasteiger charge is 2.21. The average Bonchev–Trinajstić information content (AvgIpc) is 2.61.